The maximum absolute atomic E-state index is 13.3. The monoisotopic (exact) mass is 565 g/mol. The van der Waals surface area contributed by atoms with Gasteiger partial charge in [0.1, 0.15) is 11.4 Å². The van der Waals surface area contributed by atoms with Crippen molar-refractivity contribution in [2.24, 2.45) is 0 Å². The highest BCUT2D eigenvalue weighted by Gasteiger charge is 2.32. The minimum absolute atomic E-state index is 0.195. The van der Waals surface area contributed by atoms with Crippen molar-refractivity contribution < 1.29 is 22.7 Å². The van der Waals surface area contributed by atoms with Gasteiger partial charge in [0, 0.05) is 49.8 Å². The number of hydrogen-bond donors (Lipinski definition) is 1. The summed E-state index contributed by atoms with van der Waals surface area (Å²) in [6, 6.07) is 12.6. The first-order valence-corrected chi connectivity index (χ1v) is 14.4. The average Bonchev–Trinajstić information content (AvgIpc) is 2.93. The van der Waals surface area contributed by atoms with Crippen molar-refractivity contribution >= 4 is 39.9 Å². The van der Waals surface area contributed by atoms with E-state index >= 15 is 0 Å². The number of aryl methyl sites for hydroxylation is 1. The first-order valence-electron chi connectivity index (χ1n) is 12.9. The van der Waals surface area contributed by atoms with Crippen LogP contribution in [0.2, 0.25) is 0 Å². The highest BCUT2D eigenvalue weighted by molar-refractivity contribution is 7.89. The Morgan fingerprint density at radius 1 is 0.975 bits per heavy atom. The Morgan fingerprint density at radius 3 is 2.27 bits per heavy atom. The van der Waals surface area contributed by atoms with Crippen molar-refractivity contribution in [2.75, 3.05) is 38.6 Å². The van der Waals surface area contributed by atoms with Crippen molar-refractivity contribution in [1.82, 2.24) is 19.2 Å². The first-order chi connectivity index (χ1) is 18.9. The molecule has 1 aliphatic rings. The number of methoxy groups -OCH3 is 1. The molecule has 2 heterocycles. The van der Waals surface area contributed by atoms with Gasteiger partial charge in [-0.1, -0.05) is 24.3 Å². The van der Waals surface area contributed by atoms with Gasteiger partial charge in [-0.3, -0.25) is 0 Å². The Kier molecular flexibility index (Phi) is 8.75. The zero-order valence-corrected chi connectivity index (χ0v) is 24.2. The topological polar surface area (TPSA) is 114 Å². The van der Waals surface area contributed by atoms with Crippen molar-refractivity contribution in [3.05, 3.63) is 71.5 Å². The third-order valence-corrected chi connectivity index (χ3v) is 8.10. The smallest absolute Gasteiger partial charge is 0.410 e. The molecule has 0 spiro atoms. The van der Waals surface area contributed by atoms with Gasteiger partial charge >= 0.3 is 6.09 Å². The van der Waals surface area contributed by atoms with Crippen LogP contribution in [0, 0.1) is 6.92 Å². The van der Waals surface area contributed by atoms with Gasteiger partial charge in [0.2, 0.25) is 16.0 Å². The summed E-state index contributed by atoms with van der Waals surface area (Å²) in [6.07, 6.45) is 6.85. The van der Waals surface area contributed by atoms with E-state index in [-0.39, 0.29) is 31.1 Å². The molecular weight excluding hydrogens is 530 g/mol. The summed E-state index contributed by atoms with van der Waals surface area (Å²) in [5, 5.41) is 3.15. The van der Waals surface area contributed by atoms with Gasteiger partial charge in [-0.15, -0.1) is 0 Å². The summed E-state index contributed by atoms with van der Waals surface area (Å²) in [4.78, 5) is 22.8. The van der Waals surface area contributed by atoms with Crippen molar-refractivity contribution in [3.63, 3.8) is 0 Å². The number of benzene rings is 2. The molecule has 1 fully saturated rings. The second-order valence-corrected chi connectivity index (χ2v) is 12.4. The van der Waals surface area contributed by atoms with Crippen LogP contribution in [0.5, 0.6) is 5.75 Å². The molecule has 3 aromatic rings. The number of carbonyl (C=O) groups excluding carboxylic acids is 1. The number of aromatic nitrogens is 2. The zero-order chi connectivity index (χ0) is 28.9. The SMILES string of the molecule is COc1cccc(C=Cc2cnc(Nc3ccc(S(=O)(=O)N4CCN(C(=O)OC(C)(C)C)CC4)cc3C)nc2)c1. The van der Waals surface area contributed by atoms with Crippen LogP contribution in [0.1, 0.15) is 37.5 Å². The van der Waals surface area contributed by atoms with Crippen molar-refractivity contribution in [3.8, 4) is 5.75 Å². The number of nitrogens with zero attached hydrogens (tertiary/aromatic N) is 4. The average molecular weight is 566 g/mol. The van der Waals surface area contributed by atoms with Crippen LogP contribution >= 0.6 is 0 Å². The van der Waals surface area contributed by atoms with E-state index in [0.717, 1.165) is 22.4 Å². The van der Waals surface area contributed by atoms with Crippen LogP contribution in [0.4, 0.5) is 16.4 Å². The Balaban J connectivity index is 1.37. The fourth-order valence-electron chi connectivity index (χ4n) is 4.07. The van der Waals surface area contributed by atoms with Gasteiger partial charge in [0.25, 0.3) is 0 Å². The van der Waals surface area contributed by atoms with Crippen LogP contribution in [0.15, 0.2) is 59.8 Å². The quantitative estimate of drug-likeness (QED) is 0.428. The van der Waals surface area contributed by atoms with E-state index in [9.17, 15) is 13.2 Å². The molecule has 0 saturated carbocycles. The molecule has 1 aromatic heterocycles. The lowest BCUT2D eigenvalue weighted by atomic mass is 10.2. The summed E-state index contributed by atoms with van der Waals surface area (Å²) < 4.78 is 38.6. The molecule has 212 valence electrons. The Bertz CT molecular complexity index is 1480. The fourth-order valence-corrected chi connectivity index (χ4v) is 5.58. The van der Waals surface area contributed by atoms with Crippen LogP contribution < -0.4 is 10.1 Å². The molecule has 10 nitrogen and oxygen atoms in total. The molecule has 0 atom stereocenters. The lowest BCUT2D eigenvalue weighted by Crippen LogP contribution is -2.51. The molecule has 40 heavy (non-hydrogen) atoms. The lowest BCUT2D eigenvalue weighted by Gasteiger charge is -2.35. The molecule has 4 rings (SSSR count). The maximum Gasteiger partial charge on any atom is 0.410 e. The first kappa shape index (κ1) is 29.0. The van der Waals surface area contributed by atoms with Gasteiger partial charge < -0.3 is 19.7 Å². The Hall–Kier alpha value is -3.96. The van der Waals surface area contributed by atoms with Crippen molar-refractivity contribution in [2.45, 2.75) is 38.2 Å². The zero-order valence-electron chi connectivity index (χ0n) is 23.4. The number of hydrogen-bond acceptors (Lipinski definition) is 8. The minimum Gasteiger partial charge on any atom is -0.497 e. The number of anilines is 2. The largest absolute Gasteiger partial charge is 0.497 e. The number of ether oxygens (including phenoxy) is 2. The molecule has 11 heteroatoms. The van der Waals surface area contributed by atoms with E-state index in [1.54, 1.807) is 58.5 Å². The van der Waals surface area contributed by atoms with Gasteiger partial charge in [-0.2, -0.15) is 4.31 Å². The third-order valence-electron chi connectivity index (χ3n) is 6.21. The number of piperazine rings is 1. The molecule has 1 amide bonds. The van der Waals surface area contributed by atoms with Crippen LogP contribution in [-0.4, -0.2) is 72.6 Å². The number of amides is 1. The molecular formula is C29H35N5O5S. The van der Waals surface area contributed by atoms with Crippen LogP contribution in [0.25, 0.3) is 12.2 Å². The normalized spacial score (nSPS) is 14.8. The molecule has 0 bridgehead atoms. The summed E-state index contributed by atoms with van der Waals surface area (Å²) >= 11 is 0. The summed E-state index contributed by atoms with van der Waals surface area (Å²) in [7, 11) is -2.09. The van der Waals surface area contributed by atoms with E-state index in [2.05, 4.69) is 15.3 Å². The van der Waals surface area contributed by atoms with E-state index in [0.29, 0.717) is 11.6 Å². The minimum atomic E-state index is -3.72. The van der Waals surface area contributed by atoms with E-state index in [1.165, 1.54) is 9.21 Å². The fraction of sp³-hybridized carbons (Fsp3) is 0.345. The van der Waals surface area contributed by atoms with E-state index in [4.69, 9.17) is 9.47 Å². The highest BCUT2D eigenvalue weighted by atomic mass is 32.2. The summed E-state index contributed by atoms with van der Waals surface area (Å²) in [6.45, 7) is 8.18. The van der Waals surface area contributed by atoms with Crippen LogP contribution in [0.3, 0.4) is 0 Å². The standard InChI is InChI=1S/C29H35N5O5S/c1-21-17-25(40(36,37)34-15-13-33(14-16-34)28(35)39-29(2,3)4)11-12-26(21)32-27-30-19-23(20-31-27)10-9-22-7-6-8-24(18-22)38-5/h6-12,17-20H,13-16H2,1-5H3,(H,30,31,32). The predicted molar refractivity (Wildman–Crippen MR) is 155 cm³/mol. The van der Waals surface area contributed by atoms with Gasteiger partial charge in [-0.05, 0) is 69.2 Å². The van der Waals surface area contributed by atoms with Gasteiger partial charge in [0.15, 0.2) is 0 Å². The second-order valence-electron chi connectivity index (χ2n) is 10.4. The summed E-state index contributed by atoms with van der Waals surface area (Å²) in [5.41, 5.74) is 2.66. The molecule has 2 aromatic carbocycles. The lowest BCUT2D eigenvalue weighted by molar-refractivity contribution is 0.0192. The number of rotatable bonds is 7. The number of nitrogens with one attached hydrogen (secondary N) is 1. The van der Waals surface area contributed by atoms with Gasteiger partial charge in [-0.25, -0.2) is 23.2 Å². The molecule has 0 radical (unpaired) electrons. The second kappa shape index (κ2) is 12.1. The number of sulfonamides is 1. The molecule has 1 N–H and O–H groups in total. The molecule has 0 aliphatic carbocycles. The Morgan fingerprint density at radius 2 is 1.65 bits per heavy atom. The molecule has 1 aliphatic heterocycles. The Labute approximate surface area is 235 Å². The van der Waals surface area contributed by atoms with E-state index < -0.39 is 21.7 Å². The molecule has 1 saturated heterocycles. The van der Waals surface area contributed by atoms with Gasteiger partial charge in [0.05, 0.1) is 12.0 Å². The van der Waals surface area contributed by atoms with Crippen molar-refractivity contribution in [1.29, 1.82) is 0 Å². The van der Waals surface area contributed by atoms with E-state index in [1.807, 2.05) is 43.3 Å². The third kappa shape index (κ3) is 7.36. The molecule has 0 unspecified atom stereocenters. The highest BCUT2D eigenvalue weighted by Crippen LogP contribution is 2.25. The maximum atomic E-state index is 13.3. The number of carbonyl (C=O) groups is 1. The summed E-state index contributed by atoms with van der Waals surface area (Å²) in [5.74, 6) is 1.18. The predicted octanol–water partition coefficient (Wildman–Crippen LogP) is 4.95. The van der Waals surface area contributed by atoms with Crippen LogP contribution in [-0.2, 0) is 14.8 Å².